The average Bonchev–Trinajstić information content (AvgIpc) is 2.51. The molecule has 3 rings (SSSR count). The number of aromatic nitrogens is 2. The average molecular weight is 315 g/mol. The van der Waals surface area contributed by atoms with Gasteiger partial charge in [-0.05, 0) is 26.0 Å². The number of ether oxygens (including phenoxy) is 2. The summed E-state index contributed by atoms with van der Waals surface area (Å²) in [6.45, 7) is 4.41. The number of aromatic amines is 1. The second kappa shape index (κ2) is 6.12. The molecule has 0 unspecified atom stereocenters. The van der Waals surface area contributed by atoms with Gasteiger partial charge in [0.2, 0.25) is 5.91 Å². The number of nitrogens with one attached hydrogen (secondary N) is 2. The van der Waals surface area contributed by atoms with Gasteiger partial charge in [0.25, 0.3) is 5.56 Å². The molecule has 0 fully saturated rings. The van der Waals surface area contributed by atoms with Gasteiger partial charge in [0, 0.05) is 23.0 Å². The zero-order chi connectivity index (χ0) is 16.4. The minimum atomic E-state index is -0.291. The normalized spacial score (nSPS) is 12.8. The van der Waals surface area contributed by atoms with Gasteiger partial charge in [-0.25, -0.2) is 4.98 Å². The Morgan fingerprint density at radius 2 is 2.00 bits per heavy atom. The van der Waals surface area contributed by atoms with E-state index in [1.807, 2.05) is 0 Å². The van der Waals surface area contributed by atoms with Crippen molar-refractivity contribution in [1.29, 1.82) is 0 Å². The third-order valence-corrected chi connectivity index (χ3v) is 3.50. The number of rotatable bonds is 3. The van der Waals surface area contributed by atoms with Crippen LogP contribution in [0.15, 0.2) is 23.0 Å². The van der Waals surface area contributed by atoms with Crippen molar-refractivity contribution in [2.75, 3.05) is 18.5 Å². The van der Waals surface area contributed by atoms with E-state index in [0.29, 0.717) is 47.5 Å². The van der Waals surface area contributed by atoms with E-state index in [2.05, 4.69) is 15.3 Å². The van der Waals surface area contributed by atoms with Crippen LogP contribution in [0.3, 0.4) is 0 Å². The van der Waals surface area contributed by atoms with Gasteiger partial charge in [0.1, 0.15) is 19.0 Å². The first-order chi connectivity index (χ1) is 11.0. The molecule has 2 N–H and O–H groups in total. The van der Waals surface area contributed by atoms with Crippen LogP contribution in [0, 0.1) is 13.8 Å². The van der Waals surface area contributed by atoms with E-state index in [4.69, 9.17) is 9.47 Å². The minimum absolute atomic E-state index is 0.0388. The van der Waals surface area contributed by atoms with Gasteiger partial charge in [0.15, 0.2) is 11.5 Å². The number of hydrogen-bond acceptors (Lipinski definition) is 5. The number of amides is 1. The molecule has 1 aliphatic rings. The Morgan fingerprint density at radius 1 is 1.26 bits per heavy atom. The summed E-state index contributed by atoms with van der Waals surface area (Å²) in [4.78, 5) is 30.9. The number of nitrogens with zero attached hydrogens (tertiary/aromatic N) is 1. The van der Waals surface area contributed by atoms with Crippen molar-refractivity contribution < 1.29 is 14.3 Å². The number of carbonyl (C=O) groups excluding carboxylic acids is 1. The smallest absolute Gasteiger partial charge is 0.254 e. The van der Waals surface area contributed by atoms with E-state index >= 15 is 0 Å². The SMILES string of the molecule is Cc1nc(C)c(CC(=O)Nc2ccc3c(c2)OCCO3)c(=O)[nH]1. The van der Waals surface area contributed by atoms with Crippen LogP contribution in [0.5, 0.6) is 11.5 Å². The Bertz CT molecular complexity index is 813. The topological polar surface area (TPSA) is 93.3 Å². The Labute approximate surface area is 132 Å². The summed E-state index contributed by atoms with van der Waals surface area (Å²) in [7, 11) is 0. The predicted molar refractivity (Wildman–Crippen MR) is 84.1 cm³/mol. The van der Waals surface area contributed by atoms with Gasteiger partial charge >= 0.3 is 0 Å². The van der Waals surface area contributed by atoms with Crippen LogP contribution in [-0.2, 0) is 11.2 Å². The van der Waals surface area contributed by atoms with Crippen LogP contribution in [0.1, 0.15) is 17.1 Å². The number of fused-ring (bicyclic) bond motifs is 1. The molecule has 1 aromatic heterocycles. The highest BCUT2D eigenvalue weighted by Gasteiger charge is 2.15. The lowest BCUT2D eigenvalue weighted by Crippen LogP contribution is -2.24. The van der Waals surface area contributed by atoms with Gasteiger partial charge < -0.3 is 19.8 Å². The Balaban J connectivity index is 1.74. The summed E-state index contributed by atoms with van der Waals surface area (Å²) >= 11 is 0. The molecule has 2 heterocycles. The van der Waals surface area contributed by atoms with Gasteiger partial charge in [-0.1, -0.05) is 0 Å². The number of anilines is 1. The number of H-pyrrole nitrogens is 1. The predicted octanol–water partition coefficient (Wildman–Crippen LogP) is 1.34. The molecule has 1 amide bonds. The molecular weight excluding hydrogens is 298 g/mol. The molecular formula is C16H17N3O4. The van der Waals surface area contributed by atoms with Crippen molar-refractivity contribution >= 4 is 11.6 Å². The van der Waals surface area contributed by atoms with Crippen molar-refractivity contribution in [3.63, 3.8) is 0 Å². The molecule has 0 bridgehead atoms. The second-order valence-electron chi connectivity index (χ2n) is 5.30. The summed E-state index contributed by atoms with van der Waals surface area (Å²) in [5.74, 6) is 1.49. The summed E-state index contributed by atoms with van der Waals surface area (Å²) in [5.41, 5.74) is 1.23. The van der Waals surface area contributed by atoms with Crippen LogP contribution in [0.4, 0.5) is 5.69 Å². The molecule has 1 aromatic carbocycles. The molecule has 0 radical (unpaired) electrons. The first kappa shape index (κ1) is 15.1. The lowest BCUT2D eigenvalue weighted by molar-refractivity contribution is -0.115. The van der Waals surface area contributed by atoms with Gasteiger partial charge in [-0.2, -0.15) is 0 Å². The first-order valence-corrected chi connectivity index (χ1v) is 7.29. The largest absolute Gasteiger partial charge is 0.486 e. The van der Waals surface area contributed by atoms with Crippen molar-refractivity contribution in [3.05, 3.63) is 45.6 Å². The quantitative estimate of drug-likeness (QED) is 0.891. The molecule has 7 heteroatoms. The van der Waals surface area contributed by atoms with E-state index in [1.165, 1.54) is 0 Å². The highest BCUT2D eigenvalue weighted by molar-refractivity contribution is 5.92. The number of carbonyl (C=O) groups is 1. The fourth-order valence-corrected chi connectivity index (χ4v) is 2.45. The van der Waals surface area contributed by atoms with E-state index in [9.17, 15) is 9.59 Å². The van der Waals surface area contributed by atoms with Crippen LogP contribution in [-0.4, -0.2) is 29.1 Å². The number of aryl methyl sites for hydroxylation is 2. The molecule has 23 heavy (non-hydrogen) atoms. The van der Waals surface area contributed by atoms with E-state index < -0.39 is 0 Å². The molecule has 0 saturated heterocycles. The zero-order valence-corrected chi connectivity index (χ0v) is 12.9. The Kier molecular flexibility index (Phi) is 4.01. The van der Waals surface area contributed by atoms with E-state index in [0.717, 1.165) is 0 Å². The fraction of sp³-hybridized carbons (Fsp3) is 0.312. The zero-order valence-electron chi connectivity index (χ0n) is 12.9. The third kappa shape index (κ3) is 3.33. The molecule has 0 spiro atoms. The lowest BCUT2D eigenvalue weighted by Gasteiger charge is -2.19. The molecule has 1 aliphatic heterocycles. The Morgan fingerprint density at radius 3 is 2.74 bits per heavy atom. The fourth-order valence-electron chi connectivity index (χ4n) is 2.45. The van der Waals surface area contributed by atoms with E-state index in [-0.39, 0.29) is 17.9 Å². The molecule has 0 atom stereocenters. The maximum absolute atomic E-state index is 12.2. The Hall–Kier alpha value is -2.83. The van der Waals surface area contributed by atoms with Gasteiger partial charge in [0.05, 0.1) is 6.42 Å². The van der Waals surface area contributed by atoms with Crippen molar-refractivity contribution in [2.45, 2.75) is 20.3 Å². The highest BCUT2D eigenvalue weighted by atomic mass is 16.6. The highest BCUT2D eigenvalue weighted by Crippen LogP contribution is 2.32. The summed E-state index contributed by atoms with van der Waals surface area (Å²) in [6.07, 6.45) is -0.0388. The van der Waals surface area contributed by atoms with Gasteiger partial charge in [-0.3, -0.25) is 9.59 Å². The van der Waals surface area contributed by atoms with Crippen LogP contribution < -0.4 is 20.3 Å². The van der Waals surface area contributed by atoms with Crippen molar-refractivity contribution in [2.24, 2.45) is 0 Å². The van der Waals surface area contributed by atoms with Crippen molar-refractivity contribution in [1.82, 2.24) is 9.97 Å². The first-order valence-electron chi connectivity index (χ1n) is 7.29. The maximum atomic E-state index is 12.2. The monoisotopic (exact) mass is 315 g/mol. The number of hydrogen-bond donors (Lipinski definition) is 2. The minimum Gasteiger partial charge on any atom is -0.486 e. The van der Waals surface area contributed by atoms with Crippen LogP contribution >= 0.6 is 0 Å². The van der Waals surface area contributed by atoms with Crippen LogP contribution in [0.25, 0.3) is 0 Å². The third-order valence-electron chi connectivity index (χ3n) is 3.50. The molecule has 7 nitrogen and oxygen atoms in total. The molecule has 2 aromatic rings. The molecule has 0 aliphatic carbocycles. The van der Waals surface area contributed by atoms with Crippen molar-refractivity contribution in [3.8, 4) is 11.5 Å². The summed E-state index contributed by atoms with van der Waals surface area (Å²) in [6, 6.07) is 5.18. The second-order valence-corrected chi connectivity index (χ2v) is 5.30. The number of benzene rings is 1. The summed E-state index contributed by atoms with van der Waals surface area (Å²) in [5, 5.41) is 2.75. The van der Waals surface area contributed by atoms with Gasteiger partial charge in [-0.15, -0.1) is 0 Å². The molecule has 0 saturated carbocycles. The molecule has 120 valence electrons. The van der Waals surface area contributed by atoms with Crippen LogP contribution in [0.2, 0.25) is 0 Å². The summed E-state index contributed by atoms with van der Waals surface area (Å²) < 4.78 is 10.9. The van der Waals surface area contributed by atoms with E-state index in [1.54, 1.807) is 32.0 Å². The lowest BCUT2D eigenvalue weighted by atomic mass is 10.1. The maximum Gasteiger partial charge on any atom is 0.254 e. The standard InChI is InChI=1S/C16H17N3O4/c1-9-12(16(21)18-10(2)17-9)8-15(20)19-11-3-4-13-14(7-11)23-6-5-22-13/h3-4,7H,5-6,8H2,1-2H3,(H,19,20)(H,17,18,21).